The zero-order valence-electron chi connectivity index (χ0n) is 2.25. The van der Waals surface area contributed by atoms with Crippen molar-refractivity contribution in [3.63, 3.8) is 0 Å². The highest BCUT2D eigenvalue weighted by molar-refractivity contribution is 4.03. The van der Waals surface area contributed by atoms with Crippen molar-refractivity contribution < 1.29 is 14.2 Å². The Balaban J connectivity index is 0.0000000733. The van der Waals surface area contributed by atoms with Crippen molar-refractivity contribution in [2.45, 2.75) is 0 Å². The van der Waals surface area contributed by atoms with E-state index < -0.39 is 0 Å². The Morgan fingerprint density at radius 3 is 1.20 bits per heavy atom. The fourth-order valence-electron chi connectivity index (χ4n) is 0. The molecule has 0 atom stereocenters. The number of nitriles is 1. The lowest BCUT2D eigenvalue weighted by Crippen LogP contribution is -0.661. The van der Waals surface area contributed by atoms with Crippen LogP contribution in [0.15, 0.2) is 14.2 Å². The Morgan fingerprint density at radius 1 is 1.00 bits per heavy atom. The maximum absolute atomic E-state index is 6.50. The normalized spacial score (nSPS) is 5.20. The average Bonchev–Trinajstić information content (AvgIpc) is 2.19. The van der Waals surface area contributed by atoms with Gasteiger partial charge in [-0.3, -0.25) is 0 Å². The van der Waals surface area contributed by atoms with Gasteiger partial charge in [0.25, 0.3) is 0 Å². The van der Waals surface area contributed by atoms with E-state index in [1.807, 2.05) is 0 Å². The molecular weight excluding hydrogens is 74.0 g/mol. The molecule has 5 heavy (non-hydrogen) atoms. The number of rotatable bonds is 0. The number of nitrogens with zero attached hydrogens (tertiary/aromatic N) is 1. The molecule has 0 aromatic carbocycles. The van der Waals surface area contributed by atoms with E-state index in [1.165, 1.54) is 0 Å². The zero-order valence-corrected chi connectivity index (χ0v) is 2.25. The van der Waals surface area contributed by atoms with Gasteiger partial charge in [-0.25, -0.2) is 5.26 Å². The third kappa shape index (κ3) is 189. The summed E-state index contributed by atoms with van der Waals surface area (Å²) in [5.41, 5.74) is 0. The molecule has 1 aromatic rings. The van der Waals surface area contributed by atoms with Gasteiger partial charge in [0.05, 0.1) is 0 Å². The van der Waals surface area contributed by atoms with E-state index in [2.05, 4.69) is 20.8 Å². The Hall–Kier alpha value is -1.11. The molecule has 0 saturated carbocycles. The first-order valence-electron chi connectivity index (χ1n) is 0.758. The fourth-order valence-corrected chi connectivity index (χ4v) is 0. The van der Waals surface area contributed by atoms with Gasteiger partial charge in [-0.2, -0.15) is 0 Å². The second kappa shape index (κ2) is 2.89. The minimum Gasteiger partial charge on any atom is -0.202 e. The fraction of sp³-hybridized carbons (Fsp3) is 0. The smallest absolute Gasteiger partial charge is 0.0462 e. The van der Waals surface area contributed by atoms with Crippen LogP contribution in [0.25, 0.3) is 0 Å². The van der Waals surface area contributed by atoms with Gasteiger partial charge in [0, 0.05) is 20.8 Å². The first-order valence-corrected chi connectivity index (χ1v) is 0.758. The van der Waals surface area contributed by atoms with Gasteiger partial charge in [-0.1, -0.05) is 0 Å². The van der Waals surface area contributed by atoms with Crippen LogP contribution in [0.2, 0.25) is 0 Å². The summed E-state index contributed by atoms with van der Waals surface area (Å²) in [4.78, 5) is 0. The van der Waals surface area contributed by atoms with Crippen LogP contribution in [0.3, 0.4) is 0 Å². The highest BCUT2D eigenvalue weighted by atomic mass is 17.6. The minimum absolute atomic E-state index is 3.50. The minimum atomic E-state index is 3.50. The molecule has 4 nitrogen and oxygen atoms in total. The van der Waals surface area contributed by atoms with Crippen LogP contribution in [-0.4, -0.2) is 0 Å². The predicted octanol–water partition coefficient (Wildman–Crippen LogP) is 0.605. The third-order valence-electron chi connectivity index (χ3n) is 0.0680. The molecular formula is CHNO3. The van der Waals surface area contributed by atoms with Crippen molar-refractivity contribution in [1.29, 1.82) is 5.26 Å². The van der Waals surface area contributed by atoms with E-state index in [0.717, 1.165) is 0 Å². The van der Waals surface area contributed by atoms with E-state index in [4.69, 9.17) is 5.26 Å². The predicted molar refractivity (Wildman–Crippen MR) is 9.91 cm³/mol. The van der Waals surface area contributed by atoms with Crippen LogP contribution < -0.4 is 0 Å². The van der Waals surface area contributed by atoms with Crippen LogP contribution in [-0.2, 0) is 0 Å². The van der Waals surface area contributed by atoms with Crippen molar-refractivity contribution in [3.8, 4) is 6.57 Å². The summed E-state index contributed by atoms with van der Waals surface area (Å²) in [6, 6.07) is 0. The summed E-state index contributed by atoms with van der Waals surface area (Å²) in [5.74, 6) is 0. The van der Waals surface area contributed by atoms with Crippen LogP contribution in [0.4, 0.5) is 0 Å². The molecule has 4 heteroatoms. The first-order chi connectivity index (χ1) is 2.50. The lowest BCUT2D eigenvalue weighted by atomic mass is 11.9. The largest absolute Gasteiger partial charge is 0.202 e. The van der Waals surface area contributed by atoms with Crippen molar-refractivity contribution in [2.75, 3.05) is 0 Å². The lowest BCUT2D eigenvalue weighted by Gasteiger charge is -0.816. The second-order valence-corrected chi connectivity index (χ2v) is 0.204. The molecule has 0 spiro atoms. The SMILES string of the molecule is C#N.o1oo1. The summed E-state index contributed by atoms with van der Waals surface area (Å²) < 4.78 is 10.5. The van der Waals surface area contributed by atoms with E-state index in [1.54, 1.807) is 0 Å². The van der Waals surface area contributed by atoms with Crippen molar-refractivity contribution in [3.05, 3.63) is 0 Å². The Labute approximate surface area is 27.4 Å². The van der Waals surface area contributed by atoms with Crippen molar-refractivity contribution >= 4 is 0 Å². The monoisotopic (exact) mass is 75.0 g/mol. The quantitative estimate of drug-likeness (QED) is 0.423. The molecule has 0 saturated heterocycles. The lowest BCUT2D eigenvalue weighted by molar-refractivity contribution is 0.264. The van der Waals surface area contributed by atoms with Gasteiger partial charge in [0.15, 0.2) is 0 Å². The van der Waals surface area contributed by atoms with Crippen molar-refractivity contribution in [1.82, 2.24) is 0 Å². The second-order valence-electron chi connectivity index (χ2n) is 0.204. The maximum Gasteiger partial charge on any atom is 0.0462 e. The highest BCUT2D eigenvalue weighted by Gasteiger charge is 1.63. The Kier molecular flexibility index (Phi) is 2.25. The van der Waals surface area contributed by atoms with Gasteiger partial charge in [0.2, 0.25) is 0 Å². The van der Waals surface area contributed by atoms with E-state index in [-0.39, 0.29) is 0 Å². The van der Waals surface area contributed by atoms with Crippen molar-refractivity contribution in [2.24, 2.45) is 0 Å². The summed E-state index contributed by atoms with van der Waals surface area (Å²) in [6.07, 6.45) is 0. The van der Waals surface area contributed by atoms with Crippen LogP contribution in [0.1, 0.15) is 0 Å². The molecule has 1 rings (SSSR count). The summed E-state index contributed by atoms with van der Waals surface area (Å²) in [7, 11) is 0. The maximum atomic E-state index is 6.50. The summed E-state index contributed by atoms with van der Waals surface area (Å²) in [6.45, 7) is 3.50. The first kappa shape index (κ1) is 3.89. The molecule has 0 fully saturated rings. The number of hydrogen-bond donors (Lipinski definition) is 0. The molecule has 0 aliphatic rings. The molecule has 0 amide bonds. The molecule has 0 aliphatic heterocycles. The van der Waals surface area contributed by atoms with E-state index in [0.29, 0.717) is 0 Å². The molecule has 0 N–H and O–H groups in total. The topological polar surface area (TPSA) is 63.2 Å². The Bertz CT molecular complexity index is 58.2. The molecule has 1 heterocycles. The van der Waals surface area contributed by atoms with Gasteiger partial charge in [0.1, 0.15) is 0 Å². The number of hydrogen-bond acceptors (Lipinski definition) is 4. The van der Waals surface area contributed by atoms with E-state index in [9.17, 15) is 0 Å². The highest BCUT2D eigenvalue weighted by Crippen LogP contribution is 1.79. The van der Waals surface area contributed by atoms with Gasteiger partial charge < -0.3 is 0 Å². The molecule has 1 aromatic heterocycles. The molecule has 0 bridgehead atoms. The van der Waals surface area contributed by atoms with Crippen LogP contribution >= 0.6 is 0 Å². The molecule has 0 unspecified atom stereocenters. The molecule has 28 valence electrons. The van der Waals surface area contributed by atoms with E-state index >= 15 is 0 Å². The summed E-state index contributed by atoms with van der Waals surface area (Å²) in [5, 5.41) is 6.50. The van der Waals surface area contributed by atoms with Crippen LogP contribution in [0, 0.1) is 11.8 Å². The zero-order chi connectivity index (χ0) is 4.12. The summed E-state index contributed by atoms with van der Waals surface area (Å²) >= 11 is 0. The van der Waals surface area contributed by atoms with Gasteiger partial charge >= 0.3 is 0 Å². The van der Waals surface area contributed by atoms with Crippen LogP contribution in [0.5, 0.6) is 0 Å². The molecule has 0 radical (unpaired) electrons. The Morgan fingerprint density at radius 2 is 1.20 bits per heavy atom. The molecule has 0 aliphatic carbocycles. The average molecular weight is 75.0 g/mol. The standard InChI is InChI=1S/CHN.O3/c1-2;1-2-3-1/h1H;. The third-order valence-corrected chi connectivity index (χ3v) is 0.0680. The van der Waals surface area contributed by atoms with Gasteiger partial charge in [-0.15, -0.1) is 0 Å². The van der Waals surface area contributed by atoms with Gasteiger partial charge in [-0.05, 0) is 0 Å².